The fourth-order valence-corrected chi connectivity index (χ4v) is 5.18. The van der Waals surface area contributed by atoms with Gasteiger partial charge in [0.2, 0.25) is 0 Å². The van der Waals surface area contributed by atoms with Crippen LogP contribution in [0.25, 0.3) is 10.9 Å². The van der Waals surface area contributed by atoms with E-state index in [1.807, 2.05) is 48.0 Å². The van der Waals surface area contributed by atoms with Crippen molar-refractivity contribution in [1.29, 1.82) is 0 Å². The molecule has 4 aromatic rings. The molecule has 1 saturated heterocycles. The number of fused-ring (bicyclic) bond motifs is 1. The van der Waals surface area contributed by atoms with Gasteiger partial charge in [0.05, 0.1) is 19.2 Å². The number of methoxy groups -OCH3 is 1. The molecule has 0 unspecified atom stereocenters. The van der Waals surface area contributed by atoms with Crippen molar-refractivity contribution >= 4 is 10.9 Å². The first kappa shape index (κ1) is 23.2. The number of benzene rings is 2. The van der Waals surface area contributed by atoms with Crippen molar-refractivity contribution in [3.8, 4) is 5.75 Å². The van der Waals surface area contributed by atoms with E-state index in [2.05, 4.69) is 45.3 Å². The highest BCUT2D eigenvalue weighted by molar-refractivity contribution is 5.85. The minimum absolute atomic E-state index is 0.0894. The van der Waals surface area contributed by atoms with Crippen LogP contribution in [0.5, 0.6) is 5.75 Å². The zero-order chi connectivity index (χ0) is 24.5. The third kappa shape index (κ3) is 4.58. The van der Waals surface area contributed by atoms with Gasteiger partial charge in [-0.3, -0.25) is 9.69 Å². The van der Waals surface area contributed by atoms with Crippen LogP contribution in [0.3, 0.4) is 0 Å². The Hall–Kier alpha value is -3.52. The van der Waals surface area contributed by atoms with E-state index < -0.39 is 0 Å². The first-order valence-corrected chi connectivity index (χ1v) is 12.2. The molecule has 1 aliphatic rings. The van der Waals surface area contributed by atoms with Gasteiger partial charge in [0.1, 0.15) is 11.8 Å². The molecule has 1 aliphatic heterocycles. The number of nitrogens with zero attached hydrogens (tertiary/aromatic N) is 5. The van der Waals surface area contributed by atoms with Gasteiger partial charge in [0.25, 0.3) is 5.56 Å². The molecule has 8 heteroatoms. The Kier molecular flexibility index (Phi) is 6.38. The number of aryl methyl sites for hydroxylation is 2. The van der Waals surface area contributed by atoms with E-state index in [4.69, 9.17) is 4.74 Å². The van der Waals surface area contributed by atoms with Crippen LogP contribution in [-0.2, 0) is 6.54 Å². The van der Waals surface area contributed by atoms with Crippen LogP contribution >= 0.6 is 0 Å². The number of ether oxygens (including phenoxy) is 1. The van der Waals surface area contributed by atoms with Gasteiger partial charge in [-0.1, -0.05) is 31.2 Å². The smallest absolute Gasteiger partial charge is 0.253 e. The average molecular weight is 473 g/mol. The van der Waals surface area contributed by atoms with Gasteiger partial charge in [-0.05, 0) is 84.5 Å². The molecule has 35 heavy (non-hydrogen) atoms. The predicted octanol–water partition coefficient (Wildman–Crippen LogP) is 4.01. The molecule has 0 bridgehead atoms. The van der Waals surface area contributed by atoms with Gasteiger partial charge >= 0.3 is 0 Å². The van der Waals surface area contributed by atoms with Gasteiger partial charge in [-0.25, -0.2) is 4.68 Å². The quantitative estimate of drug-likeness (QED) is 0.456. The summed E-state index contributed by atoms with van der Waals surface area (Å²) in [5.41, 5.74) is 4.74. The molecule has 1 N–H and O–H groups in total. The topological polar surface area (TPSA) is 88.9 Å². The highest BCUT2D eigenvalue weighted by Gasteiger charge is 2.33. The summed E-state index contributed by atoms with van der Waals surface area (Å²) < 4.78 is 7.11. The number of H-pyrrole nitrogens is 1. The Labute approximate surface area is 204 Å². The number of tetrazole rings is 1. The molecular formula is C27H32N6O2. The maximum absolute atomic E-state index is 13.5. The highest BCUT2D eigenvalue weighted by Crippen LogP contribution is 2.32. The maximum atomic E-state index is 13.5. The van der Waals surface area contributed by atoms with E-state index in [-0.39, 0.29) is 11.6 Å². The van der Waals surface area contributed by atoms with Gasteiger partial charge in [-0.2, -0.15) is 0 Å². The Morgan fingerprint density at radius 3 is 2.66 bits per heavy atom. The van der Waals surface area contributed by atoms with Gasteiger partial charge < -0.3 is 9.72 Å². The Balaban J connectivity index is 1.62. The van der Waals surface area contributed by atoms with Crippen molar-refractivity contribution in [2.75, 3.05) is 20.2 Å². The predicted molar refractivity (Wildman–Crippen MR) is 136 cm³/mol. The Bertz CT molecular complexity index is 1390. The molecule has 2 aromatic heterocycles. The second-order valence-corrected chi connectivity index (χ2v) is 9.73. The standard InChI is InChI=1S/C27H32N6O2/c1-17-6-5-13-32(15-17)25(23-14-22-18(2)7-8-19(3)24(22)28-27(23)34)26-29-30-31-33(26)16-20-9-11-21(35-4)12-10-20/h7-12,14,17,25H,5-6,13,15-16H2,1-4H3,(H,28,34)/t17-,25-/m0/s1. The van der Waals surface area contributed by atoms with E-state index in [0.717, 1.165) is 52.9 Å². The van der Waals surface area contributed by atoms with Crippen molar-refractivity contribution < 1.29 is 4.74 Å². The van der Waals surface area contributed by atoms with E-state index in [0.29, 0.717) is 23.9 Å². The molecule has 0 amide bonds. The lowest BCUT2D eigenvalue weighted by Crippen LogP contribution is -2.41. The number of likely N-dealkylation sites (tertiary alicyclic amines) is 1. The largest absolute Gasteiger partial charge is 0.497 e. The number of hydrogen-bond acceptors (Lipinski definition) is 6. The number of aromatic amines is 1. The fourth-order valence-electron chi connectivity index (χ4n) is 5.18. The van der Waals surface area contributed by atoms with Crippen molar-refractivity contribution in [2.45, 2.75) is 46.2 Å². The lowest BCUT2D eigenvalue weighted by atomic mass is 9.95. The summed E-state index contributed by atoms with van der Waals surface area (Å²) in [5.74, 6) is 2.03. The van der Waals surface area contributed by atoms with Crippen molar-refractivity contribution in [2.24, 2.45) is 5.92 Å². The summed E-state index contributed by atoms with van der Waals surface area (Å²) in [6, 6.07) is 13.8. The van der Waals surface area contributed by atoms with Crippen LogP contribution in [0.1, 0.15) is 53.9 Å². The molecule has 8 nitrogen and oxygen atoms in total. The van der Waals surface area contributed by atoms with Crippen molar-refractivity contribution in [1.82, 2.24) is 30.1 Å². The molecule has 0 saturated carbocycles. The highest BCUT2D eigenvalue weighted by atomic mass is 16.5. The van der Waals surface area contributed by atoms with Crippen LogP contribution in [0.2, 0.25) is 0 Å². The maximum Gasteiger partial charge on any atom is 0.253 e. The molecule has 5 rings (SSSR count). The molecule has 2 aromatic carbocycles. The number of hydrogen-bond donors (Lipinski definition) is 1. The molecule has 3 heterocycles. The first-order chi connectivity index (χ1) is 16.9. The van der Waals surface area contributed by atoms with Crippen molar-refractivity contribution in [3.63, 3.8) is 0 Å². The number of aromatic nitrogens is 5. The van der Waals surface area contributed by atoms with Gasteiger partial charge in [0.15, 0.2) is 5.82 Å². The third-order valence-corrected chi connectivity index (χ3v) is 7.12. The fraction of sp³-hybridized carbons (Fsp3) is 0.407. The van der Waals surface area contributed by atoms with E-state index in [1.165, 1.54) is 6.42 Å². The SMILES string of the molecule is COc1ccc(Cn2nnnc2[C@H](c2cc3c(C)ccc(C)c3[nH]c2=O)N2CCC[C@H](C)C2)cc1. The summed E-state index contributed by atoms with van der Waals surface area (Å²) in [6.07, 6.45) is 2.27. The molecule has 0 radical (unpaired) electrons. The first-order valence-electron chi connectivity index (χ1n) is 12.2. The van der Waals surface area contributed by atoms with Crippen molar-refractivity contribution in [3.05, 3.63) is 80.9 Å². The lowest BCUT2D eigenvalue weighted by Gasteiger charge is -2.36. The molecular weight excluding hydrogens is 440 g/mol. The second kappa shape index (κ2) is 9.62. The lowest BCUT2D eigenvalue weighted by molar-refractivity contribution is 0.141. The van der Waals surface area contributed by atoms with Crippen LogP contribution in [0.15, 0.2) is 47.3 Å². The molecule has 2 atom stereocenters. The van der Waals surface area contributed by atoms with E-state index in [1.54, 1.807) is 7.11 Å². The minimum atomic E-state index is -0.334. The average Bonchev–Trinajstić information content (AvgIpc) is 3.30. The number of pyridine rings is 1. The monoisotopic (exact) mass is 472 g/mol. The zero-order valence-corrected chi connectivity index (χ0v) is 20.8. The molecule has 0 spiro atoms. The number of rotatable bonds is 6. The van der Waals surface area contributed by atoms with Gasteiger partial charge in [-0.15, -0.1) is 5.10 Å². The van der Waals surface area contributed by atoms with Gasteiger partial charge in [0, 0.05) is 17.5 Å². The van der Waals surface area contributed by atoms with E-state index >= 15 is 0 Å². The second-order valence-electron chi connectivity index (χ2n) is 9.73. The Morgan fingerprint density at radius 1 is 1.14 bits per heavy atom. The molecule has 1 fully saturated rings. The summed E-state index contributed by atoms with van der Waals surface area (Å²) >= 11 is 0. The van der Waals surface area contributed by atoms with Crippen LogP contribution in [0.4, 0.5) is 0 Å². The Morgan fingerprint density at radius 2 is 1.91 bits per heavy atom. The minimum Gasteiger partial charge on any atom is -0.497 e. The third-order valence-electron chi connectivity index (χ3n) is 7.12. The molecule has 182 valence electrons. The molecule has 0 aliphatic carbocycles. The van der Waals surface area contributed by atoms with Crippen LogP contribution in [-0.4, -0.2) is 50.3 Å². The van der Waals surface area contributed by atoms with E-state index in [9.17, 15) is 4.79 Å². The summed E-state index contributed by atoms with van der Waals surface area (Å²) in [4.78, 5) is 19.1. The number of piperidine rings is 1. The van der Waals surface area contributed by atoms with Crippen LogP contribution < -0.4 is 10.3 Å². The normalized spacial score (nSPS) is 17.5. The summed E-state index contributed by atoms with van der Waals surface area (Å²) in [7, 11) is 1.66. The summed E-state index contributed by atoms with van der Waals surface area (Å²) in [6.45, 7) is 8.67. The number of nitrogens with one attached hydrogen (secondary N) is 1. The summed E-state index contributed by atoms with van der Waals surface area (Å²) in [5, 5.41) is 13.9. The zero-order valence-electron chi connectivity index (χ0n) is 20.8. The van der Waals surface area contributed by atoms with Crippen LogP contribution in [0, 0.1) is 19.8 Å².